The lowest BCUT2D eigenvalue weighted by molar-refractivity contribution is -0.127. The van der Waals surface area contributed by atoms with Crippen LogP contribution in [0.1, 0.15) is 36.3 Å². The second-order valence-electron chi connectivity index (χ2n) is 6.06. The Morgan fingerprint density at radius 3 is 2.76 bits per heavy atom. The number of amides is 1. The normalized spacial score (nSPS) is 17.5. The van der Waals surface area contributed by atoms with Crippen LogP contribution in [-0.4, -0.2) is 34.0 Å². The Bertz CT molecular complexity index is 808. The summed E-state index contributed by atoms with van der Waals surface area (Å²) < 4.78 is 5.28. The van der Waals surface area contributed by atoms with Gasteiger partial charge in [0.1, 0.15) is 0 Å². The van der Waals surface area contributed by atoms with Gasteiger partial charge < -0.3 is 15.4 Å². The molecule has 25 heavy (non-hydrogen) atoms. The van der Waals surface area contributed by atoms with Gasteiger partial charge in [0.05, 0.1) is 0 Å². The Balaban J connectivity index is 1.79. The third-order valence-electron chi connectivity index (χ3n) is 4.31. The fourth-order valence-electron chi connectivity index (χ4n) is 2.99. The van der Waals surface area contributed by atoms with Crippen LogP contribution in [0.25, 0.3) is 0 Å². The van der Waals surface area contributed by atoms with E-state index >= 15 is 0 Å². The lowest BCUT2D eigenvalue weighted by Crippen LogP contribution is -2.47. The van der Waals surface area contributed by atoms with Crippen LogP contribution in [-0.2, 0) is 16.0 Å². The number of hydrogen-bond acceptors (Lipinski definition) is 6. The molecule has 2 aromatic rings. The number of aromatic nitrogens is 2. The van der Waals surface area contributed by atoms with Crippen molar-refractivity contribution in [2.75, 3.05) is 10.6 Å². The molecule has 2 atom stereocenters. The van der Waals surface area contributed by atoms with Gasteiger partial charge in [0.25, 0.3) is 5.91 Å². The topological polar surface area (TPSA) is 98.4 Å². The van der Waals surface area contributed by atoms with Crippen LogP contribution in [0.2, 0.25) is 0 Å². The summed E-state index contributed by atoms with van der Waals surface area (Å²) in [5.74, 6) is -1.05. The van der Waals surface area contributed by atoms with Crippen LogP contribution in [0.15, 0.2) is 36.7 Å². The van der Waals surface area contributed by atoms with Crippen molar-refractivity contribution in [3.05, 3.63) is 47.9 Å². The Labute approximate surface area is 145 Å². The third kappa shape index (κ3) is 3.31. The van der Waals surface area contributed by atoms with Crippen molar-refractivity contribution in [2.24, 2.45) is 0 Å². The van der Waals surface area contributed by atoms with E-state index in [0.717, 1.165) is 24.1 Å². The summed E-state index contributed by atoms with van der Waals surface area (Å²) in [6.45, 7) is 3.54. The lowest BCUT2D eigenvalue weighted by atomic mass is 9.96. The van der Waals surface area contributed by atoms with Gasteiger partial charge in [0.2, 0.25) is 0 Å². The zero-order valence-corrected chi connectivity index (χ0v) is 14.2. The largest absolute Gasteiger partial charge is 0.448 e. The number of para-hydroxylation sites is 1. The summed E-state index contributed by atoms with van der Waals surface area (Å²) in [7, 11) is 0. The maximum atomic E-state index is 12.9. The van der Waals surface area contributed by atoms with Gasteiger partial charge in [-0.1, -0.05) is 18.2 Å². The van der Waals surface area contributed by atoms with Crippen molar-refractivity contribution in [3.8, 4) is 0 Å². The van der Waals surface area contributed by atoms with E-state index in [4.69, 9.17) is 10.5 Å². The van der Waals surface area contributed by atoms with E-state index in [1.807, 2.05) is 31.2 Å². The second kappa shape index (κ2) is 6.88. The highest BCUT2D eigenvalue weighted by Crippen LogP contribution is 2.31. The number of ether oxygens (including phenoxy) is 1. The van der Waals surface area contributed by atoms with E-state index in [0.29, 0.717) is 0 Å². The highest BCUT2D eigenvalue weighted by molar-refractivity contribution is 6.00. The molecule has 1 aliphatic heterocycles. The molecule has 1 aromatic carbocycles. The number of nitrogens with zero attached hydrogens (tertiary/aromatic N) is 3. The van der Waals surface area contributed by atoms with E-state index < -0.39 is 12.1 Å². The highest BCUT2D eigenvalue weighted by Gasteiger charge is 2.33. The zero-order chi connectivity index (χ0) is 18.0. The van der Waals surface area contributed by atoms with Crippen molar-refractivity contribution in [1.82, 2.24) is 9.97 Å². The number of nitrogen functional groups attached to an aromatic ring is 1. The summed E-state index contributed by atoms with van der Waals surface area (Å²) in [6, 6.07) is 7.81. The number of carbonyl (C=O) groups excluding carboxylic acids is 2. The van der Waals surface area contributed by atoms with Crippen molar-refractivity contribution in [2.45, 2.75) is 38.8 Å². The zero-order valence-electron chi connectivity index (χ0n) is 14.2. The standard InChI is InChI=1S/C18H20N4O3/c1-11-7-8-13-5-3-4-6-14(13)22(11)17(23)12(2)25-18(24)15-16(19)21-10-9-20-15/h3-6,9-12H,7-8H2,1-2H3,(H2,19,21)/t11-,12-/m0/s1. The summed E-state index contributed by atoms with van der Waals surface area (Å²) >= 11 is 0. The first-order chi connectivity index (χ1) is 12.0. The van der Waals surface area contributed by atoms with Gasteiger partial charge in [0, 0.05) is 24.1 Å². The van der Waals surface area contributed by atoms with Crippen LogP contribution in [0.4, 0.5) is 11.5 Å². The molecule has 0 aliphatic carbocycles. The van der Waals surface area contributed by atoms with Crippen LogP contribution < -0.4 is 10.6 Å². The minimum atomic E-state index is -0.956. The van der Waals surface area contributed by atoms with Crippen molar-refractivity contribution >= 4 is 23.4 Å². The van der Waals surface area contributed by atoms with Gasteiger partial charge in [-0.25, -0.2) is 14.8 Å². The average molecular weight is 340 g/mol. The number of nitrogens with two attached hydrogens (primary N) is 1. The maximum Gasteiger partial charge on any atom is 0.361 e. The summed E-state index contributed by atoms with van der Waals surface area (Å²) in [5.41, 5.74) is 7.53. The predicted octanol–water partition coefficient (Wildman–Crippen LogP) is 1.97. The molecule has 2 N–H and O–H groups in total. The Hall–Kier alpha value is -2.96. The van der Waals surface area contributed by atoms with Crippen molar-refractivity contribution in [3.63, 3.8) is 0 Å². The van der Waals surface area contributed by atoms with Gasteiger partial charge in [-0.2, -0.15) is 0 Å². The second-order valence-corrected chi connectivity index (χ2v) is 6.06. The fraction of sp³-hybridized carbons (Fsp3) is 0.333. The molecular weight excluding hydrogens is 320 g/mol. The van der Waals surface area contributed by atoms with E-state index in [-0.39, 0.29) is 23.5 Å². The van der Waals surface area contributed by atoms with Crippen LogP contribution >= 0.6 is 0 Å². The first kappa shape index (κ1) is 16.9. The number of rotatable bonds is 3. The number of aryl methyl sites for hydroxylation is 1. The number of carbonyl (C=O) groups is 2. The molecule has 1 amide bonds. The molecule has 2 heterocycles. The van der Waals surface area contributed by atoms with E-state index in [1.54, 1.807) is 11.8 Å². The first-order valence-corrected chi connectivity index (χ1v) is 8.17. The maximum absolute atomic E-state index is 12.9. The van der Waals surface area contributed by atoms with Gasteiger partial charge in [-0.15, -0.1) is 0 Å². The van der Waals surface area contributed by atoms with Gasteiger partial charge in [-0.05, 0) is 38.3 Å². The number of hydrogen-bond donors (Lipinski definition) is 1. The van der Waals surface area contributed by atoms with Crippen molar-refractivity contribution in [1.29, 1.82) is 0 Å². The Kier molecular flexibility index (Phi) is 4.65. The minimum Gasteiger partial charge on any atom is -0.448 e. The number of benzene rings is 1. The molecule has 130 valence electrons. The van der Waals surface area contributed by atoms with Crippen molar-refractivity contribution < 1.29 is 14.3 Å². The van der Waals surface area contributed by atoms with Gasteiger partial charge in [0.15, 0.2) is 17.6 Å². The number of anilines is 2. The molecule has 0 saturated heterocycles. The SMILES string of the molecule is C[C@H](OC(=O)c1nccnc1N)C(=O)N1c2ccccc2CC[C@@H]1C. The molecular formula is C18H20N4O3. The van der Waals surface area contributed by atoms with Crippen LogP contribution in [0.5, 0.6) is 0 Å². The van der Waals surface area contributed by atoms with E-state index in [1.165, 1.54) is 12.4 Å². The van der Waals surface area contributed by atoms with Gasteiger partial charge >= 0.3 is 5.97 Å². The molecule has 7 nitrogen and oxygen atoms in total. The average Bonchev–Trinajstić information content (AvgIpc) is 2.61. The first-order valence-electron chi connectivity index (χ1n) is 8.17. The monoisotopic (exact) mass is 340 g/mol. The summed E-state index contributed by atoms with van der Waals surface area (Å²) in [4.78, 5) is 34.5. The van der Waals surface area contributed by atoms with Crippen LogP contribution in [0, 0.1) is 0 Å². The number of fused-ring (bicyclic) bond motifs is 1. The fourth-order valence-corrected chi connectivity index (χ4v) is 2.99. The predicted molar refractivity (Wildman–Crippen MR) is 93.0 cm³/mol. The Morgan fingerprint density at radius 2 is 2.00 bits per heavy atom. The quantitative estimate of drug-likeness (QED) is 0.858. The van der Waals surface area contributed by atoms with E-state index in [2.05, 4.69) is 9.97 Å². The molecule has 0 radical (unpaired) electrons. The molecule has 0 unspecified atom stereocenters. The molecule has 0 saturated carbocycles. The van der Waals surface area contributed by atoms with Crippen LogP contribution in [0.3, 0.4) is 0 Å². The third-order valence-corrected chi connectivity index (χ3v) is 4.31. The molecule has 1 aromatic heterocycles. The molecule has 3 rings (SSSR count). The molecule has 0 bridgehead atoms. The molecule has 1 aliphatic rings. The molecule has 7 heteroatoms. The number of esters is 1. The summed E-state index contributed by atoms with van der Waals surface area (Å²) in [6.07, 6.45) is 3.56. The smallest absolute Gasteiger partial charge is 0.361 e. The molecule has 0 spiro atoms. The van der Waals surface area contributed by atoms with Gasteiger partial charge in [-0.3, -0.25) is 4.79 Å². The minimum absolute atomic E-state index is 0.0242. The highest BCUT2D eigenvalue weighted by atomic mass is 16.5. The lowest BCUT2D eigenvalue weighted by Gasteiger charge is -2.36. The Morgan fingerprint density at radius 1 is 1.28 bits per heavy atom. The van der Waals surface area contributed by atoms with E-state index in [9.17, 15) is 9.59 Å². The summed E-state index contributed by atoms with van der Waals surface area (Å²) in [5, 5.41) is 0. The molecule has 0 fully saturated rings.